The van der Waals surface area contributed by atoms with Gasteiger partial charge in [0.1, 0.15) is 6.07 Å². The maximum Gasteiger partial charge on any atom is 0.280 e. The first-order chi connectivity index (χ1) is 10.2. The van der Waals surface area contributed by atoms with E-state index < -0.39 is 0 Å². The number of nitrogens with one attached hydrogen (secondary N) is 2. The number of rotatable bonds is 3. The Hall–Kier alpha value is -2.66. The first-order valence-corrected chi connectivity index (χ1v) is 6.72. The van der Waals surface area contributed by atoms with Crippen LogP contribution in [0.5, 0.6) is 0 Å². The van der Waals surface area contributed by atoms with Crippen LogP contribution in [-0.2, 0) is 6.54 Å². The second-order valence-electron chi connectivity index (χ2n) is 4.75. The Balaban J connectivity index is 2.13. The van der Waals surface area contributed by atoms with E-state index in [0.717, 1.165) is 26.2 Å². The van der Waals surface area contributed by atoms with Crippen molar-refractivity contribution in [3.63, 3.8) is 0 Å². The summed E-state index contributed by atoms with van der Waals surface area (Å²) in [5.41, 5.74) is 0.306. The van der Waals surface area contributed by atoms with Gasteiger partial charge in [-0.3, -0.25) is 9.36 Å². The van der Waals surface area contributed by atoms with Gasteiger partial charge >= 0.3 is 0 Å². The van der Waals surface area contributed by atoms with Gasteiger partial charge in [-0.05, 0) is 0 Å². The zero-order chi connectivity index (χ0) is 14.8. The van der Waals surface area contributed by atoms with Crippen molar-refractivity contribution >= 4 is 17.1 Å². The van der Waals surface area contributed by atoms with E-state index in [1.165, 1.54) is 4.57 Å². The monoisotopic (exact) mass is 285 g/mol. The van der Waals surface area contributed by atoms with Crippen LogP contribution >= 0.6 is 0 Å². The van der Waals surface area contributed by atoms with E-state index >= 15 is 0 Å². The molecular formula is C13H15N7O. The third-order valence-electron chi connectivity index (χ3n) is 3.43. The lowest BCUT2D eigenvalue weighted by atomic mass is 10.4. The highest BCUT2D eigenvalue weighted by Gasteiger charge is 2.18. The molecule has 0 aromatic carbocycles. The summed E-state index contributed by atoms with van der Waals surface area (Å²) in [6.45, 7) is 7.20. The molecule has 21 heavy (non-hydrogen) atoms. The number of nitriles is 1. The summed E-state index contributed by atoms with van der Waals surface area (Å²) in [5.74, 6) is 0.669. The molecule has 0 amide bonds. The number of aromatic nitrogens is 4. The standard InChI is InChI=1S/C13H15N7O/c1-2-5-20-9(8-14)16-11-10(12(20)21)17-13(18-11)19-6-3-15-4-7-19/h2,15H,1,3-7H2,(H,17,18). The van der Waals surface area contributed by atoms with Gasteiger partial charge in [0.2, 0.25) is 11.8 Å². The summed E-state index contributed by atoms with van der Waals surface area (Å²) >= 11 is 0. The van der Waals surface area contributed by atoms with Gasteiger partial charge in [0.05, 0.1) is 0 Å². The molecule has 3 rings (SSSR count). The SMILES string of the molecule is C=CCn1c(C#N)nc2nc(N3CCNCC3)[nH]c2c1=O. The summed E-state index contributed by atoms with van der Waals surface area (Å²) in [6.07, 6.45) is 1.56. The molecule has 8 heteroatoms. The van der Waals surface area contributed by atoms with Crippen molar-refractivity contribution in [2.24, 2.45) is 0 Å². The molecule has 1 aliphatic rings. The van der Waals surface area contributed by atoms with Gasteiger partial charge in [-0.2, -0.15) is 15.2 Å². The largest absolute Gasteiger partial charge is 0.340 e. The normalized spacial score (nSPS) is 15.1. The van der Waals surface area contributed by atoms with Crippen molar-refractivity contribution in [2.45, 2.75) is 6.54 Å². The first kappa shape index (κ1) is 13.3. The van der Waals surface area contributed by atoms with Crippen LogP contribution in [0.2, 0.25) is 0 Å². The summed E-state index contributed by atoms with van der Waals surface area (Å²) in [5, 5.41) is 12.4. The number of H-pyrrole nitrogens is 1. The summed E-state index contributed by atoms with van der Waals surface area (Å²) in [6, 6.07) is 1.93. The molecule has 108 valence electrons. The predicted molar refractivity (Wildman–Crippen MR) is 78.1 cm³/mol. The maximum atomic E-state index is 12.4. The molecule has 2 N–H and O–H groups in total. The number of piperazine rings is 1. The minimum Gasteiger partial charge on any atom is -0.340 e. The second kappa shape index (κ2) is 5.38. The first-order valence-electron chi connectivity index (χ1n) is 6.72. The van der Waals surface area contributed by atoms with Crippen molar-refractivity contribution in [1.82, 2.24) is 24.8 Å². The lowest BCUT2D eigenvalue weighted by molar-refractivity contribution is 0.582. The molecule has 0 radical (unpaired) electrons. The van der Waals surface area contributed by atoms with E-state index in [2.05, 4.69) is 31.7 Å². The Morgan fingerprint density at radius 2 is 2.14 bits per heavy atom. The number of hydrogen-bond donors (Lipinski definition) is 2. The molecule has 0 bridgehead atoms. The van der Waals surface area contributed by atoms with Gasteiger partial charge in [-0.25, -0.2) is 0 Å². The molecule has 1 fully saturated rings. The molecule has 2 aromatic rings. The molecule has 1 aliphatic heterocycles. The van der Waals surface area contributed by atoms with E-state index in [9.17, 15) is 4.79 Å². The van der Waals surface area contributed by atoms with Gasteiger partial charge in [0, 0.05) is 32.7 Å². The molecule has 0 aliphatic carbocycles. The quantitative estimate of drug-likeness (QED) is 0.743. The Bertz CT molecular complexity index is 776. The van der Waals surface area contributed by atoms with Crippen LogP contribution in [0.4, 0.5) is 5.95 Å². The van der Waals surface area contributed by atoms with Crippen LogP contribution in [0.25, 0.3) is 11.2 Å². The molecule has 0 unspecified atom stereocenters. The molecule has 2 aromatic heterocycles. The number of anilines is 1. The Morgan fingerprint density at radius 3 is 2.81 bits per heavy atom. The summed E-state index contributed by atoms with van der Waals surface area (Å²) < 4.78 is 1.29. The topological polar surface area (TPSA) is 103 Å². The van der Waals surface area contributed by atoms with Gasteiger partial charge in [-0.1, -0.05) is 6.08 Å². The molecule has 1 saturated heterocycles. The Kier molecular flexibility index (Phi) is 3.41. The average molecular weight is 285 g/mol. The van der Waals surface area contributed by atoms with Gasteiger partial charge in [0.25, 0.3) is 5.56 Å². The van der Waals surface area contributed by atoms with Crippen LogP contribution in [0.1, 0.15) is 5.82 Å². The van der Waals surface area contributed by atoms with E-state index in [1.54, 1.807) is 6.08 Å². The van der Waals surface area contributed by atoms with Crippen LogP contribution in [0.15, 0.2) is 17.4 Å². The van der Waals surface area contributed by atoms with Crippen LogP contribution in [-0.4, -0.2) is 45.7 Å². The number of allylic oxidation sites excluding steroid dienone is 1. The lowest BCUT2D eigenvalue weighted by Gasteiger charge is -2.26. The van der Waals surface area contributed by atoms with Crippen LogP contribution < -0.4 is 15.8 Å². The van der Waals surface area contributed by atoms with Gasteiger partial charge in [-0.15, -0.1) is 6.58 Å². The highest BCUT2D eigenvalue weighted by molar-refractivity contribution is 5.73. The highest BCUT2D eigenvalue weighted by atomic mass is 16.1. The fourth-order valence-electron chi connectivity index (χ4n) is 2.38. The number of fused-ring (bicyclic) bond motifs is 1. The molecule has 3 heterocycles. The smallest absolute Gasteiger partial charge is 0.280 e. The molecule has 8 nitrogen and oxygen atoms in total. The number of nitrogens with zero attached hydrogens (tertiary/aromatic N) is 5. The van der Waals surface area contributed by atoms with Crippen molar-refractivity contribution in [2.75, 3.05) is 31.1 Å². The zero-order valence-corrected chi connectivity index (χ0v) is 11.5. The van der Waals surface area contributed by atoms with Crippen molar-refractivity contribution in [3.8, 4) is 6.07 Å². The highest BCUT2D eigenvalue weighted by Crippen LogP contribution is 2.14. The zero-order valence-electron chi connectivity index (χ0n) is 11.5. The fourth-order valence-corrected chi connectivity index (χ4v) is 2.38. The Morgan fingerprint density at radius 1 is 1.38 bits per heavy atom. The minimum atomic E-state index is -0.301. The van der Waals surface area contributed by atoms with Crippen molar-refractivity contribution < 1.29 is 0 Å². The van der Waals surface area contributed by atoms with E-state index in [4.69, 9.17) is 5.26 Å². The molecule has 0 atom stereocenters. The van der Waals surface area contributed by atoms with Crippen LogP contribution in [0.3, 0.4) is 0 Å². The maximum absolute atomic E-state index is 12.4. The van der Waals surface area contributed by atoms with E-state index in [0.29, 0.717) is 11.5 Å². The Labute approximate surface area is 120 Å². The number of imidazole rings is 1. The molecular weight excluding hydrogens is 270 g/mol. The van der Waals surface area contributed by atoms with Crippen LogP contribution in [0, 0.1) is 11.3 Å². The van der Waals surface area contributed by atoms with E-state index in [-0.39, 0.29) is 23.6 Å². The third kappa shape index (κ3) is 2.28. The second-order valence-corrected chi connectivity index (χ2v) is 4.75. The van der Waals surface area contributed by atoms with Gasteiger partial charge in [0.15, 0.2) is 11.2 Å². The fraction of sp³-hybridized carbons (Fsp3) is 0.385. The number of hydrogen-bond acceptors (Lipinski definition) is 6. The summed E-state index contributed by atoms with van der Waals surface area (Å²) in [7, 11) is 0. The number of aromatic amines is 1. The average Bonchev–Trinajstić information content (AvgIpc) is 2.95. The molecule has 0 saturated carbocycles. The summed E-state index contributed by atoms with van der Waals surface area (Å²) in [4.78, 5) is 26.0. The minimum absolute atomic E-state index is 0.0470. The van der Waals surface area contributed by atoms with Gasteiger partial charge < -0.3 is 15.2 Å². The molecule has 0 spiro atoms. The van der Waals surface area contributed by atoms with Crippen molar-refractivity contribution in [1.29, 1.82) is 5.26 Å². The van der Waals surface area contributed by atoms with Crippen molar-refractivity contribution in [3.05, 3.63) is 28.8 Å². The lowest BCUT2D eigenvalue weighted by Crippen LogP contribution is -2.44. The predicted octanol–water partition coefficient (Wildman–Crippen LogP) is -0.413. The third-order valence-corrected chi connectivity index (χ3v) is 3.43. The van der Waals surface area contributed by atoms with E-state index in [1.807, 2.05) is 6.07 Å².